The number of esters is 2. The smallest absolute Gasteiger partial charge is 0.306 e. The zero-order valence-electron chi connectivity index (χ0n) is 38.5. The first-order chi connectivity index (χ1) is 27.9. The van der Waals surface area contributed by atoms with Crippen LogP contribution < -0.4 is 5.32 Å². The van der Waals surface area contributed by atoms with Crippen LogP contribution in [0.15, 0.2) is 12.7 Å². The Morgan fingerprint density at radius 2 is 0.842 bits per heavy atom. The second-order valence-corrected chi connectivity index (χ2v) is 17.1. The Kier molecular flexibility index (Phi) is 42.2. The van der Waals surface area contributed by atoms with Crippen LogP contribution in [0.25, 0.3) is 0 Å². The number of nitrogens with zero attached hydrogens (tertiary/aromatic N) is 1. The zero-order chi connectivity index (χ0) is 41.9. The molecule has 0 aromatic rings. The van der Waals surface area contributed by atoms with E-state index >= 15 is 0 Å². The van der Waals surface area contributed by atoms with Gasteiger partial charge >= 0.3 is 11.9 Å². The van der Waals surface area contributed by atoms with Crippen molar-refractivity contribution < 1.29 is 23.9 Å². The van der Waals surface area contributed by atoms with Gasteiger partial charge in [-0.25, -0.2) is 0 Å². The fourth-order valence-electron chi connectivity index (χ4n) is 7.79. The van der Waals surface area contributed by atoms with Gasteiger partial charge in [0.1, 0.15) is 12.2 Å². The van der Waals surface area contributed by atoms with E-state index in [2.05, 4.69) is 37.6 Å². The first kappa shape index (κ1) is 55.1. The van der Waals surface area contributed by atoms with E-state index in [0.29, 0.717) is 12.8 Å². The molecule has 0 aliphatic carbocycles. The predicted molar refractivity (Wildman–Crippen MR) is 244 cm³/mol. The van der Waals surface area contributed by atoms with Crippen molar-refractivity contribution in [3.05, 3.63) is 12.7 Å². The van der Waals surface area contributed by atoms with Gasteiger partial charge in [0.15, 0.2) is 0 Å². The minimum absolute atomic E-state index is 0.0122. The number of hydrogen-bond acceptors (Lipinski definition) is 6. The lowest BCUT2D eigenvalue weighted by Gasteiger charge is -2.22. The molecule has 0 heterocycles. The summed E-state index contributed by atoms with van der Waals surface area (Å²) in [5.74, 6) is -0.00275. The molecule has 1 unspecified atom stereocenters. The highest BCUT2D eigenvalue weighted by Gasteiger charge is 2.15. The minimum Gasteiger partial charge on any atom is -0.462 e. The third-order valence-electron chi connectivity index (χ3n) is 11.4. The van der Waals surface area contributed by atoms with Gasteiger partial charge in [0.2, 0.25) is 5.91 Å². The van der Waals surface area contributed by atoms with Gasteiger partial charge in [0.25, 0.3) is 0 Å². The molecule has 0 saturated carbocycles. The first-order valence-corrected chi connectivity index (χ1v) is 24.8. The largest absolute Gasteiger partial charge is 0.462 e. The van der Waals surface area contributed by atoms with Crippen molar-refractivity contribution in [2.45, 2.75) is 265 Å². The van der Waals surface area contributed by atoms with Crippen molar-refractivity contribution in [1.82, 2.24) is 10.2 Å². The number of carbonyl (C=O) groups excluding carboxylic acids is 3. The molecule has 7 nitrogen and oxygen atoms in total. The molecule has 7 heteroatoms. The van der Waals surface area contributed by atoms with Crippen molar-refractivity contribution in [1.29, 1.82) is 0 Å². The molecule has 0 aliphatic heterocycles. The molecule has 0 spiro atoms. The van der Waals surface area contributed by atoms with E-state index in [0.717, 1.165) is 116 Å². The Labute approximate surface area is 354 Å². The lowest BCUT2D eigenvalue weighted by atomic mass is 10.0. The number of carbonyl (C=O) groups is 3. The van der Waals surface area contributed by atoms with Crippen LogP contribution in [0.2, 0.25) is 0 Å². The zero-order valence-corrected chi connectivity index (χ0v) is 38.5. The number of nitrogens with one attached hydrogen (secondary N) is 1. The SMILES string of the molecule is C=CCC(CCCCCCCC)OC(=O)CCCCCCCN(CCCCCCCC(=O)OC(CCCCCCCC)CCCCCCCC)CCCNC(C)=O. The van der Waals surface area contributed by atoms with E-state index in [1.807, 2.05) is 6.08 Å². The van der Waals surface area contributed by atoms with E-state index < -0.39 is 0 Å². The molecule has 0 radical (unpaired) electrons. The van der Waals surface area contributed by atoms with E-state index in [-0.39, 0.29) is 30.1 Å². The fourth-order valence-corrected chi connectivity index (χ4v) is 7.79. The van der Waals surface area contributed by atoms with Crippen molar-refractivity contribution in [2.24, 2.45) is 0 Å². The highest BCUT2D eigenvalue weighted by atomic mass is 16.5. The maximum absolute atomic E-state index is 12.8. The van der Waals surface area contributed by atoms with Gasteiger partial charge in [0, 0.05) is 32.7 Å². The minimum atomic E-state index is -0.0515. The van der Waals surface area contributed by atoms with Crippen LogP contribution in [0.5, 0.6) is 0 Å². The molecular formula is C50H96N2O5. The number of unbranched alkanes of at least 4 members (excludes halogenated alkanes) is 23. The molecule has 0 saturated heterocycles. The Morgan fingerprint density at radius 3 is 1.26 bits per heavy atom. The summed E-state index contributed by atoms with van der Waals surface area (Å²) in [5, 5.41) is 2.94. The van der Waals surface area contributed by atoms with E-state index in [4.69, 9.17) is 9.47 Å². The third kappa shape index (κ3) is 40.7. The van der Waals surface area contributed by atoms with Gasteiger partial charge in [0.05, 0.1) is 0 Å². The van der Waals surface area contributed by atoms with Gasteiger partial charge in [-0.15, -0.1) is 6.58 Å². The van der Waals surface area contributed by atoms with E-state index in [1.165, 1.54) is 122 Å². The van der Waals surface area contributed by atoms with Crippen molar-refractivity contribution >= 4 is 17.8 Å². The van der Waals surface area contributed by atoms with Gasteiger partial charge in [-0.1, -0.05) is 162 Å². The summed E-state index contributed by atoms with van der Waals surface area (Å²) in [6.07, 6.45) is 41.5. The Morgan fingerprint density at radius 1 is 0.491 bits per heavy atom. The molecule has 1 amide bonds. The normalized spacial score (nSPS) is 12.0. The van der Waals surface area contributed by atoms with Crippen LogP contribution in [0.3, 0.4) is 0 Å². The standard InChI is InChI=1S/C50H96N2O5/c1-6-10-13-16-21-28-37-47(36-9-4)56-49(54)40-31-24-19-26-33-43-52(45-35-42-51-46(5)53)44-34-27-20-25-32-41-50(55)57-48(38-29-22-17-14-11-7-2)39-30-23-18-15-12-8-3/h9,47-48H,4,6-8,10-45H2,1-3,5H3,(H,51,53). The first-order valence-electron chi connectivity index (χ1n) is 24.8. The number of rotatable bonds is 45. The molecule has 336 valence electrons. The molecule has 0 aromatic carbocycles. The van der Waals surface area contributed by atoms with Crippen LogP contribution in [0, 0.1) is 0 Å². The van der Waals surface area contributed by atoms with Gasteiger partial charge < -0.3 is 19.7 Å². The maximum atomic E-state index is 12.8. The number of ether oxygens (including phenoxy) is 2. The average molecular weight is 805 g/mol. The van der Waals surface area contributed by atoms with Crippen LogP contribution in [0.1, 0.15) is 252 Å². The summed E-state index contributed by atoms with van der Waals surface area (Å²) < 4.78 is 11.9. The maximum Gasteiger partial charge on any atom is 0.306 e. The van der Waals surface area contributed by atoms with Gasteiger partial charge in [-0.2, -0.15) is 0 Å². The highest BCUT2D eigenvalue weighted by Crippen LogP contribution is 2.19. The number of amides is 1. The lowest BCUT2D eigenvalue weighted by molar-refractivity contribution is -0.150. The van der Waals surface area contributed by atoms with Crippen LogP contribution in [0.4, 0.5) is 0 Å². The summed E-state index contributed by atoms with van der Waals surface area (Å²) in [6.45, 7) is 16.1. The van der Waals surface area contributed by atoms with E-state index in [9.17, 15) is 14.4 Å². The summed E-state index contributed by atoms with van der Waals surface area (Å²) in [7, 11) is 0. The average Bonchev–Trinajstić information content (AvgIpc) is 3.19. The monoisotopic (exact) mass is 805 g/mol. The summed E-state index contributed by atoms with van der Waals surface area (Å²) in [6, 6.07) is 0. The Hall–Kier alpha value is -1.89. The Balaban J connectivity index is 4.37. The van der Waals surface area contributed by atoms with Gasteiger partial charge in [-0.3, -0.25) is 14.4 Å². The van der Waals surface area contributed by atoms with Crippen LogP contribution in [-0.2, 0) is 23.9 Å². The topological polar surface area (TPSA) is 84.9 Å². The highest BCUT2D eigenvalue weighted by molar-refractivity contribution is 5.72. The molecule has 0 rings (SSSR count). The summed E-state index contributed by atoms with van der Waals surface area (Å²) in [4.78, 5) is 39.2. The third-order valence-corrected chi connectivity index (χ3v) is 11.4. The second kappa shape index (κ2) is 43.7. The second-order valence-electron chi connectivity index (χ2n) is 17.1. The molecule has 1 N–H and O–H groups in total. The quantitative estimate of drug-likeness (QED) is 0.0375. The van der Waals surface area contributed by atoms with Crippen molar-refractivity contribution in [3.8, 4) is 0 Å². The molecule has 0 aromatic heterocycles. The van der Waals surface area contributed by atoms with Crippen LogP contribution in [-0.4, -0.2) is 61.1 Å². The lowest BCUT2D eigenvalue weighted by Crippen LogP contribution is -2.30. The molecule has 1 atom stereocenters. The van der Waals surface area contributed by atoms with Crippen LogP contribution >= 0.6 is 0 Å². The molecule has 0 bridgehead atoms. The fraction of sp³-hybridized carbons (Fsp3) is 0.900. The van der Waals surface area contributed by atoms with Crippen molar-refractivity contribution in [3.63, 3.8) is 0 Å². The molecule has 0 fully saturated rings. The number of hydrogen-bond donors (Lipinski definition) is 1. The molecule has 57 heavy (non-hydrogen) atoms. The predicted octanol–water partition coefficient (Wildman–Crippen LogP) is 14.1. The summed E-state index contributed by atoms with van der Waals surface area (Å²) in [5.41, 5.74) is 0. The van der Waals surface area contributed by atoms with Crippen molar-refractivity contribution in [2.75, 3.05) is 26.2 Å². The molecular weight excluding hydrogens is 709 g/mol. The van der Waals surface area contributed by atoms with E-state index in [1.54, 1.807) is 6.92 Å². The van der Waals surface area contributed by atoms with Gasteiger partial charge in [-0.05, 0) is 90.3 Å². The molecule has 0 aliphatic rings. The Bertz CT molecular complexity index is 895. The summed E-state index contributed by atoms with van der Waals surface area (Å²) >= 11 is 0.